The second kappa shape index (κ2) is 58.4. The average Bonchev–Trinajstić information content (AvgIpc) is 3.35. The van der Waals surface area contributed by atoms with Crippen LogP contribution in [0.3, 0.4) is 0 Å². The maximum absolute atomic E-state index is 12.5. The first-order valence-corrected chi connectivity index (χ1v) is 30.4. The van der Waals surface area contributed by atoms with Crippen molar-refractivity contribution in [2.45, 2.75) is 328 Å². The lowest BCUT2D eigenvalue weighted by Gasteiger charge is -2.20. The van der Waals surface area contributed by atoms with Gasteiger partial charge in [-0.05, 0) is 89.9 Å². The third kappa shape index (κ3) is 55.0. The van der Waals surface area contributed by atoms with Gasteiger partial charge in [0, 0.05) is 12.8 Å². The van der Waals surface area contributed by atoms with Crippen molar-refractivity contribution in [2.24, 2.45) is 0 Å². The van der Waals surface area contributed by atoms with Gasteiger partial charge in [-0.25, -0.2) is 0 Å². The molecule has 404 valence electrons. The third-order valence-electron chi connectivity index (χ3n) is 13.8. The number of aliphatic hydroxyl groups excluding tert-OH is 2. The quantitative estimate of drug-likeness (QED) is 0.0244. The number of amides is 1. The summed E-state index contributed by atoms with van der Waals surface area (Å²) in [6.07, 6.45) is 74.3. The van der Waals surface area contributed by atoms with E-state index in [1.807, 2.05) is 6.08 Å². The number of ether oxygens (including phenoxy) is 1. The minimum Gasteiger partial charge on any atom is -0.466 e. The SMILES string of the molecule is CCCCC/C=C\CCCCCCCC(=O)OCCCCC/C=C\C=C/CCCCCCCCC(=O)NC(CO)C(O)/C=C/CCCCCCCCCCCCCCCCCCCCCCCCC. The average molecular weight is 969 g/mol. The number of allylic oxidation sites excluding steroid dienone is 7. The fraction of sp³-hybridized carbons (Fsp3) is 0.841. The monoisotopic (exact) mass is 968 g/mol. The highest BCUT2D eigenvalue weighted by Gasteiger charge is 2.18. The molecule has 0 aliphatic rings. The molecule has 69 heavy (non-hydrogen) atoms. The summed E-state index contributed by atoms with van der Waals surface area (Å²) in [4.78, 5) is 24.5. The van der Waals surface area contributed by atoms with Crippen LogP contribution >= 0.6 is 0 Å². The Balaban J connectivity index is 3.55. The van der Waals surface area contributed by atoms with E-state index in [0.29, 0.717) is 19.4 Å². The maximum Gasteiger partial charge on any atom is 0.305 e. The van der Waals surface area contributed by atoms with Crippen molar-refractivity contribution in [3.63, 3.8) is 0 Å². The number of rotatable bonds is 56. The van der Waals surface area contributed by atoms with Crippen LogP contribution in [0.25, 0.3) is 0 Å². The molecule has 3 N–H and O–H groups in total. The second-order valence-electron chi connectivity index (χ2n) is 20.7. The molecule has 0 saturated carbocycles. The number of unbranched alkanes of at least 4 members (excludes halogenated alkanes) is 40. The van der Waals surface area contributed by atoms with E-state index in [-0.39, 0.29) is 18.5 Å². The number of aliphatic hydroxyl groups is 2. The molecule has 0 aromatic heterocycles. The smallest absolute Gasteiger partial charge is 0.305 e. The van der Waals surface area contributed by atoms with E-state index in [2.05, 4.69) is 55.6 Å². The fourth-order valence-electron chi connectivity index (χ4n) is 9.15. The van der Waals surface area contributed by atoms with Gasteiger partial charge in [0.15, 0.2) is 0 Å². The zero-order valence-electron chi connectivity index (χ0n) is 46.0. The van der Waals surface area contributed by atoms with Crippen LogP contribution in [0.2, 0.25) is 0 Å². The Morgan fingerprint density at radius 2 is 0.725 bits per heavy atom. The number of esters is 1. The van der Waals surface area contributed by atoms with Crippen molar-refractivity contribution in [3.05, 3.63) is 48.6 Å². The van der Waals surface area contributed by atoms with Crippen molar-refractivity contribution in [2.75, 3.05) is 13.2 Å². The van der Waals surface area contributed by atoms with Crippen LogP contribution in [-0.4, -0.2) is 47.4 Å². The molecule has 0 aliphatic heterocycles. The molecule has 1 amide bonds. The Kier molecular flexibility index (Phi) is 56.5. The Morgan fingerprint density at radius 1 is 0.406 bits per heavy atom. The molecule has 0 aromatic carbocycles. The molecule has 0 aliphatic carbocycles. The van der Waals surface area contributed by atoms with Gasteiger partial charge in [0.1, 0.15) is 0 Å². The minimum absolute atomic E-state index is 0.0330. The Morgan fingerprint density at radius 3 is 1.14 bits per heavy atom. The van der Waals surface area contributed by atoms with Gasteiger partial charge < -0.3 is 20.3 Å². The first kappa shape index (κ1) is 66.8. The van der Waals surface area contributed by atoms with Gasteiger partial charge in [-0.15, -0.1) is 0 Å². The van der Waals surface area contributed by atoms with Crippen LogP contribution in [0.1, 0.15) is 316 Å². The maximum atomic E-state index is 12.5. The van der Waals surface area contributed by atoms with E-state index in [4.69, 9.17) is 4.74 Å². The minimum atomic E-state index is -0.861. The highest BCUT2D eigenvalue weighted by molar-refractivity contribution is 5.76. The first-order chi connectivity index (χ1) is 34.0. The molecular weight excluding hydrogens is 851 g/mol. The van der Waals surface area contributed by atoms with Crippen molar-refractivity contribution < 1.29 is 24.5 Å². The summed E-state index contributed by atoms with van der Waals surface area (Å²) in [5, 5.41) is 23.2. The zero-order valence-corrected chi connectivity index (χ0v) is 46.0. The molecule has 0 saturated heterocycles. The van der Waals surface area contributed by atoms with Crippen LogP contribution < -0.4 is 5.32 Å². The van der Waals surface area contributed by atoms with E-state index in [9.17, 15) is 19.8 Å². The summed E-state index contributed by atoms with van der Waals surface area (Å²) in [6.45, 7) is 4.83. The van der Waals surface area contributed by atoms with Gasteiger partial charge in [0.05, 0.1) is 25.4 Å². The Labute approximate surface area is 429 Å². The molecule has 2 unspecified atom stereocenters. The number of hydrogen-bond acceptors (Lipinski definition) is 5. The molecule has 0 aromatic rings. The van der Waals surface area contributed by atoms with Crippen LogP contribution in [0.15, 0.2) is 48.6 Å². The van der Waals surface area contributed by atoms with Crippen LogP contribution in [0.5, 0.6) is 0 Å². The van der Waals surface area contributed by atoms with Crippen LogP contribution in [0.4, 0.5) is 0 Å². The molecule has 0 bridgehead atoms. The van der Waals surface area contributed by atoms with Gasteiger partial charge >= 0.3 is 5.97 Å². The molecule has 0 fully saturated rings. The Bertz CT molecular complexity index is 1160. The molecule has 0 heterocycles. The largest absolute Gasteiger partial charge is 0.466 e. The highest BCUT2D eigenvalue weighted by Crippen LogP contribution is 2.17. The van der Waals surface area contributed by atoms with E-state index >= 15 is 0 Å². The number of nitrogens with one attached hydrogen (secondary N) is 1. The van der Waals surface area contributed by atoms with Crippen LogP contribution in [0, 0.1) is 0 Å². The van der Waals surface area contributed by atoms with Crippen molar-refractivity contribution in [1.82, 2.24) is 5.32 Å². The Hall–Kier alpha value is -2.18. The second-order valence-corrected chi connectivity index (χ2v) is 20.7. The lowest BCUT2D eigenvalue weighted by molar-refractivity contribution is -0.143. The summed E-state index contributed by atoms with van der Waals surface area (Å²) in [6, 6.07) is -0.647. The molecular formula is C63H117NO5. The summed E-state index contributed by atoms with van der Waals surface area (Å²) in [5.74, 6) is -0.122. The summed E-state index contributed by atoms with van der Waals surface area (Å²) in [7, 11) is 0. The predicted molar refractivity (Wildman–Crippen MR) is 301 cm³/mol. The molecule has 2 atom stereocenters. The third-order valence-corrected chi connectivity index (χ3v) is 13.8. The topological polar surface area (TPSA) is 95.9 Å². The van der Waals surface area contributed by atoms with Crippen molar-refractivity contribution in [1.29, 1.82) is 0 Å². The number of carbonyl (C=O) groups excluding carboxylic acids is 2. The van der Waals surface area contributed by atoms with E-state index in [1.54, 1.807) is 6.08 Å². The molecule has 0 rings (SSSR count). The summed E-state index contributed by atoms with van der Waals surface area (Å²) >= 11 is 0. The van der Waals surface area contributed by atoms with Crippen molar-refractivity contribution >= 4 is 11.9 Å². The van der Waals surface area contributed by atoms with Gasteiger partial charge in [0.25, 0.3) is 0 Å². The number of hydrogen-bond donors (Lipinski definition) is 3. The zero-order chi connectivity index (χ0) is 50.0. The van der Waals surface area contributed by atoms with Gasteiger partial charge in [-0.2, -0.15) is 0 Å². The standard InChI is InChI=1S/C63H117NO5/c1-3-5-7-9-11-13-15-17-18-19-20-21-22-23-24-25-26-27-29-32-35-39-43-47-51-55-61(66)60(59-65)64-62(67)56-52-48-44-40-36-33-30-28-31-34-38-42-46-50-54-58-69-63(68)57-53-49-45-41-37-16-14-12-10-8-6-4-2/h12,14,28,31,34,38,51,55,60-61,65-66H,3-11,13,15-27,29-30,32-33,35-37,39-50,52-54,56-59H2,1-2H3,(H,64,67)/b14-12-,31-28-,38-34-,55-51+. The number of carbonyl (C=O) groups is 2. The van der Waals surface area contributed by atoms with E-state index in [0.717, 1.165) is 77.0 Å². The molecule has 0 radical (unpaired) electrons. The lowest BCUT2D eigenvalue weighted by Crippen LogP contribution is -2.45. The van der Waals surface area contributed by atoms with E-state index in [1.165, 1.54) is 212 Å². The van der Waals surface area contributed by atoms with E-state index < -0.39 is 12.1 Å². The molecule has 6 nitrogen and oxygen atoms in total. The summed E-state index contributed by atoms with van der Waals surface area (Å²) < 4.78 is 5.43. The van der Waals surface area contributed by atoms with Gasteiger partial charge in [-0.1, -0.05) is 262 Å². The predicted octanol–water partition coefficient (Wildman–Crippen LogP) is 19.0. The highest BCUT2D eigenvalue weighted by atomic mass is 16.5. The first-order valence-electron chi connectivity index (χ1n) is 30.4. The molecule has 6 heteroatoms. The normalized spacial score (nSPS) is 12.9. The lowest BCUT2D eigenvalue weighted by atomic mass is 10.0. The summed E-state index contributed by atoms with van der Waals surface area (Å²) in [5.41, 5.74) is 0. The van der Waals surface area contributed by atoms with Gasteiger partial charge in [0.2, 0.25) is 5.91 Å². The van der Waals surface area contributed by atoms with Gasteiger partial charge in [-0.3, -0.25) is 9.59 Å². The molecule has 0 spiro atoms. The van der Waals surface area contributed by atoms with Crippen LogP contribution in [-0.2, 0) is 14.3 Å². The fourth-order valence-corrected chi connectivity index (χ4v) is 9.15. The van der Waals surface area contributed by atoms with Crippen molar-refractivity contribution in [3.8, 4) is 0 Å².